The highest BCUT2D eigenvalue weighted by Crippen LogP contribution is 2.07. The van der Waals surface area contributed by atoms with Crippen molar-refractivity contribution in [2.24, 2.45) is 11.8 Å². The van der Waals surface area contributed by atoms with E-state index in [1.54, 1.807) is 0 Å². The molecule has 84 valence electrons. The summed E-state index contributed by atoms with van der Waals surface area (Å²) in [6, 6.07) is -0.596. The first-order valence-electron chi connectivity index (χ1n) is 4.94. The lowest BCUT2D eigenvalue weighted by atomic mass is 9.98. The smallest absolute Gasteiger partial charge is 0.323 e. The minimum Gasteiger partial charge on any atom is -0.480 e. The third-order valence-corrected chi connectivity index (χ3v) is 2.46. The second-order valence-electron chi connectivity index (χ2n) is 3.98. The molecule has 0 aromatic carbocycles. The first kappa shape index (κ1) is 13.4. The fourth-order valence-corrected chi connectivity index (χ4v) is 0.948. The van der Waals surface area contributed by atoms with Gasteiger partial charge in [-0.2, -0.15) is 0 Å². The third-order valence-electron chi connectivity index (χ3n) is 2.46. The molecule has 4 heteroatoms. The molecule has 0 saturated heterocycles. The van der Waals surface area contributed by atoms with Crippen molar-refractivity contribution in [3.05, 3.63) is 0 Å². The molecule has 2 N–H and O–H groups in total. The lowest BCUT2D eigenvalue weighted by molar-refractivity contribution is -0.140. The molecule has 0 fully saturated rings. The van der Waals surface area contributed by atoms with Crippen molar-refractivity contribution in [3.63, 3.8) is 0 Å². The van der Waals surface area contributed by atoms with Gasteiger partial charge in [-0.25, -0.2) is 0 Å². The molecule has 0 aromatic rings. The lowest BCUT2D eigenvalue weighted by Gasteiger charge is -2.19. The van der Waals surface area contributed by atoms with E-state index < -0.39 is 12.0 Å². The van der Waals surface area contributed by atoms with Gasteiger partial charge in [-0.05, 0) is 18.4 Å². The summed E-state index contributed by atoms with van der Waals surface area (Å²) in [5.41, 5.74) is 0. The lowest BCUT2D eigenvalue weighted by Crippen LogP contribution is -2.42. The van der Waals surface area contributed by atoms with Crippen molar-refractivity contribution in [3.8, 4) is 0 Å². The van der Waals surface area contributed by atoms with Gasteiger partial charge in [-0.1, -0.05) is 20.8 Å². The maximum Gasteiger partial charge on any atom is 0.323 e. The van der Waals surface area contributed by atoms with Gasteiger partial charge in [0.2, 0.25) is 0 Å². The number of hydrogen-bond acceptors (Lipinski definition) is 3. The van der Waals surface area contributed by atoms with Crippen LogP contribution >= 0.6 is 0 Å². The normalized spacial score (nSPS) is 15.5. The van der Waals surface area contributed by atoms with Crippen LogP contribution in [0.25, 0.3) is 0 Å². The summed E-state index contributed by atoms with van der Waals surface area (Å²) in [7, 11) is 1.50. The van der Waals surface area contributed by atoms with E-state index in [4.69, 9.17) is 9.84 Å². The van der Waals surface area contributed by atoms with Gasteiger partial charge in [0.25, 0.3) is 0 Å². The molecule has 0 aromatic heterocycles. The molecule has 0 aliphatic carbocycles. The highest BCUT2D eigenvalue weighted by molar-refractivity contribution is 5.73. The second kappa shape index (κ2) is 6.79. The zero-order valence-corrected chi connectivity index (χ0v) is 9.41. The summed E-state index contributed by atoms with van der Waals surface area (Å²) < 4.78 is 4.81. The second-order valence-corrected chi connectivity index (χ2v) is 3.98. The molecule has 0 aliphatic heterocycles. The average Bonchev–Trinajstić information content (AvgIpc) is 2.10. The van der Waals surface area contributed by atoms with Gasteiger partial charge < -0.3 is 15.2 Å². The van der Waals surface area contributed by atoms with E-state index in [1.165, 1.54) is 7.11 Å². The summed E-state index contributed by atoms with van der Waals surface area (Å²) in [5.74, 6) is 0.163. The monoisotopic (exact) mass is 203 g/mol. The van der Waals surface area contributed by atoms with Crippen LogP contribution in [0.15, 0.2) is 0 Å². The number of nitrogens with one attached hydrogen (secondary N) is 1. The van der Waals surface area contributed by atoms with Crippen LogP contribution in [-0.4, -0.2) is 37.4 Å². The Morgan fingerprint density at radius 2 is 2.00 bits per heavy atom. The number of methoxy groups -OCH3 is 1. The first-order valence-corrected chi connectivity index (χ1v) is 4.94. The van der Waals surface area contributed by atoms with Crippen molar-refractivity contribution in [2.75, 3.05) is 20.3 Å². The van der Waals surface area contributed by atoms with Gasteiger partial charge >= 0.3 is 5.97 Å². The quantitative estimate of drug-likeness (QED) is 0.647. The molecule has 0 bridgehead atoms. The van der Waals surface area contributed by atoms with Crippen LogP contribution in [-0.2, 0) is 9.53 Å². The van der Waals surface area contributed by atoms with Gasteiger partial charge in [-0.15, -0.1) is 0 Å². The molecular formula is C10H21NO3. The summed E-state index contributed by atoms with van der Waals surface area (Å²) in [6.07, 6.45) is 0. The number of hydrogen-bond donors (Lipinski definition) is 2. The molecule has 2 atom stereocenters. The van der Waals surface area contributed by atoms with E-state index in [-0.39, 0.29) is 6.61 Å². The van der Waals surface area contributed by atoms with E-state index in [0.717, 1.165) is 0 Å². The Bertz CT molecular complexity index is 171. The minimum atomic E-state index is -0.859. The fourth-order valence-electron chi connectivity index (χ4n) is 0.948. The van der Waals surface area contributed by atoms with E-state index in [0.29, 0.717) is 18.4 Å². The zero-order valence-electron chi connectivity index (χ0n) is 9.41. The molecule has 0 aliphatic rings. The zero-order chi connectivity index (χ0) is 11.1. The Balaban J connectivity index is 3.87. The van der Waals surface area contributed by atoms with Crippen molar-refractivity contribution in [1.29, 1.82) is 0 Å². The Kier molecular flexibility index (Phi) is 6.49. The number of carboxylic acids is 1. The molecule has 0 amide bonds. The van der Waals surface area contributed by atoms with Gasteiger partial charge in [0.1, 0.15) is 6.04 Å². The van der Waals surface area contributed by atoms with Crippen molar-refractivity contribution in [2.45, 2.75) is 26.8 Å². The number of rotatable bonds is 7. The van der Waals surface area contributed by atoms with Gasteiger partial charge in [0.15, 0.2) is 0 Å². The predicted octanol–water partition coefficient (Wildman–Crippen LogP) is 0.968. The van der Waals surface area contributed by atoms with Gasteiger partial charge in [-0.3, -0.25) is 4.79 Å². The van der Waals surface area contributed by atoms with E-state index >= 15 is 0 Å². The van der Waals surface area contributed by atoms with Gasteiger partial charge in [0.05, 0.1) is 6.61 Å². The highest BCUT2D eigenvalue weighted by Gasteiger charge is 2.17. The van der Waals surface area contributed by atoms with Crippen molar-refractivity contribution >= 4 is 5.97 Å². The number of aliphatic carboxylic acids is 1. The largest absolute Gasteiger partial charge is 0.480 e. The van der Waals surface area contributed by atoms with Crippen molar-refractivity contribution < 1.29 is 14.6 Å². The standard InChI is InChI=1S/C10H21NO3/c1-7(2)8(3)5-11-9(6-14-4)10(12)13/h7-9,11H,5-6H2,1-4H3,(H,12,13). The summed E-state index contributed by atoms with van der Waals surface area (Å²) in [4.78, 5) is 10.7. The topological polar surface area (TPSA) is 58.6 Å². The fraction of sp³-hybridized carbons (Fsp3) is 0.900. The predicted molar refractivity (Wildman–Crippen MR) is 55.3 cm³/mol. The highest BCUT2D eigenvalue weighted by atomic mass is 16.5. The first-order chi connectivity index (χ1) is 6.49. The average molecular weight is 203 g/mol. The molecule has 0 rings (SSSR count). The number of carbonyl (C=O) groups is 1. The van der Waals surface area contributed by atoms with Crippen LogP contribution < -0.4 is 5.32 Å². The molecule has 2 unspecified atom stereocenters. The molecule has 4 nitrogen and oxygen atoms in total. The Morgan fingerprint density at radius 3 is 2.36 bits per heavy atom. The molecule has 0 radical (unpaired) electrons. The summed E-state index contributed by atoms with van der Waals surface area (Å²) in [5, 5.41) is 11.8. The van der Waals surface area contributed by atoms with E-state index in [1.807, 2.05) is 0 Å². The van der Waals surface area contributed by atoms with Crippen LogP contribution in [0.1, 0.15) is 20.8 Å². The molecule has 14 heavy (non-hydrogen) atoms. The maximum atomic E-state index is 10.7. The van der Waals surface area contributed by atoms with E-state index in [2.05, 4.69) is 26.1 Å². The van der Waals surface area contributed by atoms with Crippen LogP contribution in [0.2, 0.25) is 0 Å². The van der Waals surface area contributed by atoms with Gasteiger partial charge in [0, 0.05) is 7.11 Å². The Morgan fingerprint density at radius 1 is 1.43 bits per heavy atom. The van der Waals surface area contributed by atoms with Crippen molar-refractivity contribution in [1.82, 2.24) is 5.32 Å². The summed E-state index contributed by atoms with van der Waals surface area (Å²) in [6.45, 7) is 7.26. The molecule has 0 spiro atoms. The summed E-state index contributed by atoms with van der Waals surface area (Å²) >= 11 is 0. The molecular weight excluding hydrogens is 182 g/mol. The maximum absolute atomic E-state index is 10.7. The van der Waals surface area contributed by atoms with Crippen LogP contribution in [0.4, 0.5) is 0 Å². The third kappa shape index (κ3) is 5.19. The minimum absolute atomic E-state index is 0.208. The Hall–Kier alpha value is -0.610. The van der Waals surface area contributed by atoms with Crippen LogP contribution in [0, 0.1) is 11.8 Å². The SMILES string of the molecule is COCC(NCC(C)C(C)C)C(=O)O. The van der Waals surface area contributed by atoms with E-state index in [9.17, 15) is 4.79 Å². The van der Waals surface area contributed by atoms with Crippen LogP contribution in [0.3, 0.4) is 0 Å². The molecule has 0 heterocycles. The van der Waals surface area contributed by atoms with Crippen LogP contribution in [0.5, 0.6) is 0 Å². The number of carboxylic acid groups (broad SMARTS) is 1. The number of ether oxygens (including phenoxy) is 1. The Labute approximate surface area is 85.6 Å². The molecule has 0 saturated carbocycles.